The second-order valence-electron chi connectivity index (χ2n) is 6.16. The summed E-state index contributed by atoms with van der Waals surface area (Å²) in [7, 11) is 0. The van der Waals surface area contributed by atoms with E-state index in [9.17, 15) is 4.79 Å². The van der Waals surface area contributed by atoms with E-state index >= 15 is 0 Å². The zero-order valence-corrected chi connectivity index (χ0v) is 11.7. The Balaban J connectivity index is 1.64. The fraction of sp³-hybridized carbons (Fsp3) is 0.588. The standard InChI is InChI=1S/C17H23NO/c1-2-12-4-3-5-14(8-12)17(19)11-13-9-15-6-7-16(10-13)18-15/h3-5,8,13,15-16,18H,2,6-7,9-11H2,1H3. The first-order valence-corrected chi connectivity index (χ1v) is 7.62. The molecule has 0 radical (unpaired) electrons. The summed E-state index contributed by atoms with van der Waals surface area (Å²) in [4.78, 5) is 12.4. The summed E-state index contributed by atoms with van der Waals surface area (Å²) in [6.07, 6.45) is 6.73. The highest BCUT2D eigenvalue weighted by atomic mass is 16.1. The zero-order valence-electron chi connectivity index (χ0n) is 11.7. The van der Waals surface area contributed by atoms with Gasteiger partial charge in [-0.2, -0.15) is 0 Å². The number of carbonyl (C=O) groups is 1. The maximum atomic E-state index is 12.4. The molecule has 0 saturated carbocycles. The molecule has 1 aromatic carbocycles. The molecule has 2 heterocycles. The predicted octanol–water partition coefficient (Wildman–Crippen LogP) is 3.35. The third kappa shape index (κ3) is 2.89. The minimum atomic E-state index is 0.335. The Morgan fingerprint density at radius 1 is 1.26 bits per heavy atom. The molecule has 2 nitrogen and oxygen atoms in total. The van der Waals surface area contributed by atoms with Gasteiger partial charge in [-0.05, 0) is 49.7 Å². The Morgan fingerprint density at radius 3 is 2.68 bits per heavy atom. The Morgan fingerprint density at radius 2 is 2.00 bits per heavy atom. The number of hydrogen-bond donors (Lipinski definition) is 1. The first-order chi connectivity index (χ1) is 9.24. The van der Waals surface area contributed by atoms with Crippen LogP contribution in [0.3, 0.4) is 0 Å². The van der Waals surface area contributed by atoms with Gasteiger partial charge >= 0.3 is 0 Å². The van der Waals surface area contributed by atoms with E-state index in [1.165, 1.54) is 31.2 Å². The normalized spacial score (nSPS) is 29.4. The molecule has 2 aliphatic heterocycles. The molecule has 0 spiro atoms. The molecule has 2 heteroatoms. The lowest BCUT2D eigenvalue weighted by Gasteiger charge is -2.28. The van der Waals surface area contributed by atoms with Crippen molar-refractivity contribution in [2.45, 2.75) is 57.5 Å². The average Bonchev–Trinajstić information content (AvgIpc) is 2.78. The third-order valence-corrected chi connectivity index (χ3v) is 4.70. The zero-order chi connectivity index (χ0) is 13.2. The molecule has 3 rings (SSSR count). The van der Waals surface area contributed by atoms with Crippen molar-refractivity contribution in [3.63, 3.8) is 0 Å². The number of fused-ring (bicyclic) bond motifs is 2. The first kappa shape index (κ1) is 12.9. The summed E-state index contributed by atoms with van der Waals surface area (Å²) in [6, 6.07) is 9.51. The quantitative estimate of drug-likeness (QED) is 0.838. The smallest absolute Gasteiger partial charge is 0.163 e. The number of hydrogen-bond acceptors (Lipinski definition) is 2. The molecule has 2 bridgehead atoms. The number of piperidine rings is 1. The molecule has 2 aliphatic rings. The van der Waals surface area contributed by atoms with Crippen molar-refractivity contribution in [2.75, 3.05) is 0 Å². The molecule has 2 fully saturated rings. The van der Waals surface area contributed by atoms with E-state index in [-0.39, 0.29) is 0 Å². The van der Waals surface area contributed by atoms with Gasteiger partial charge in [0, 0.05) is 24.1 Å². The monoisotopic (exact) mass is 257 g/mol. The van der Waals surface area contributed by atoms with Crippen LogP contribution in [0.1, 0.15) is 54.9 Å². The van der Waals surface area contributed by atoms with E-state index in [0.29, 0.717) is 23.8 Å². The van der Waals surface area contributed by atoms with Crippen molar-refractivity contribution in [3.05, 3.63) is 35.4 Å². The lowest BCUT2D eigenvalue weighted by atomic mass is 9.86. The summed E-state index contributed by atoms with van der Waals surface area (Å²) in [5.41, 5.74) is 2.17. The van der Waals surface area contributed by atoms with Crippen molar-refractivity contribution in [3.8, 4) is 0 Å². The fourth-order valence-electron chi connectivity index (χ4n) is 3.69. The summed E-state index contributed by atoms with van der Waals surface area (Å²) in [5.74, 6) is 0.929. The Labute approximate surface area is 115 Å². The van der Waals surface area contributed by atoms with Gasteiger partial charge in [0.25, 0.3) is 0 Å². The predicted molar refractivity (Wildman–Crippen MR) is 77.4 cm³/mol. The van der Waals surface area contributed by atoms with E-state index in [2.05, 4.69) is 24.4 Å². The maximum Gasteiger partial charge on any atom is 0.163 e. The maximum absolute atomic E-state index is 12.4. The number of rotatable bonds is 4. The van der Waals surface area contributed by atoms with Gasteiger partial charge in [0.15, 0.2) is 5.78 Å². The van der Waals surface area contributed by atoms with E-state index < -0.39 is 0 Å². The second kappa shape index (κ2) is 5.46. The summed E-state index contributed by atoms with van der Waals surface area (Å²) < 4.78 is 0. The van der Waals surface area contributed by atoms with Crippen LogP contribution in [0.25, 0.3) is 0 Å². The van der Waals surface area contributed by atoms with Crippen LogP contribution in [0.2, 0.25) is 0 Å². The number of aryl methyl sites for hydroxylation is 1. The van der Waals surface area contributed by atoms with Crippen LogP contribution in [0.5, 0.6) is 0 Å². The van der Waals surface area contributed by atoms with Crippen molar-refractivity contribution >= 4 is 5.78 Å². The van der Waals surface area contributed by atoms with Crippen LogP contribution in [0.4, 0.5) is 0 Å². The van der Waals surface area contributed by atoms with Gasteiger partial charge in [0.2, 0.25) is 0 Å². The molecule has 1 N–H and O–H groups in total. The lowest BCUT2D eigenvalue weighted by Crippen LogP contribution is -2.38. The minimum Gasteiger partial charge on any atom is -0.311 e. The Kier molecular flexibility index (Phi) is 3.69. The van der Waals surface area contributed by atoms with Gasteiger partial charge in [-0.15, -0.1) is 0 Å². The highest BCUT2D eigenvalue weighted by Crippen LogP contribution is 2.33. The highest BCUT2D eigenvalue weighted by Gasteiger charge is 2.34. The molecule has 19 heavy (non-hydrogen) atoms. The molecule has 2 unspecified atom stereocenters. The van der Waals surface area contributed by atoms with Crippen LogP contribution in [0, 0.1) is 5.92 Å². The molecule has 2 saturated heterocycles. The number of benzene rings is 1. The summed E-state index contributed by atoms with van der Waals surface area (Å²) >= 11 is 0. The number of carbonyl (C=O) groups excluding carboxylic acids is 1. The van der Waals surface area contributed by atoms with Crippen LogP contribution in [-0.4, -0.2) is 17.9 Å². The molecule has 102 valence electrons. The molecular formula is C17H23NO. The molecule has 1 aromatic rings. The van der Waals surface area contributed by atoms with Gasteiger partial charge in [0.1, 0.15) is 0 Å². The third-order valence-electron chi connectivity index (χ3n) is 4.70. The molecule has 0 amide bonds. The fourth-order valence-corrected chi connectivity index (χ4v) is 3.69. The SMILES string of the molecule is CCc1cccc(C(=O)CC2CC3CCC(C2)N3)c1. The average molecular weight is 257 g/mol. The minimum absolute atomic E-state index is 0.335. The van der Waals surface area contributed by atoms with Gasteiger partial charge in [0.05, 0.1) is 0 Å². The summed E-state index contributed by atoms with van der Waals surface area (Å²) in [6.45, 7) is 2.13. The molecule has 2 atom stereocenters. The van der Waals surface area contributed by atoms with Crippen LogP contribution >= 0.6 is 0 Å². The van der Waals surface area contributed by atoms with Crippen LogP contribution in [0.15, 0.2) is 24.3 Å². The van der Waals surface area contributed by atoms with Crippen molar-refractivity contribution < 1.29 is 4.79 Å². The van der Waals surface area contributed by atoms with Gasteiger partial charge in [-0.1, -0.05) is 25.1 Å². The van der Waals surface area contributed by atoms with E-state index in [0.717, 1.165) is 18.4 Å². The molecule has 0 aliphatic carbocycles. The number of nitrogens with one attached hydrogen (secondary N) is 1. The number of Topliss-reactive ketones (excluding diaryl/α,β-unsaturated/α-hetero) is 1. The van der Waals surface area contributed by atoms with E-state index in [4.69, 9.17) is 0 Å². The lowest BCUT2D eigenvalue weighted by molar-refractivity contribution is 0.0945. The molecule has 0 aromatic heterocycles. The second-order valence-corrected chi connectivity index (χ2v) is 6.16. The largest absolute Gasteiger partial charge is 0.311 e. The highest BCUT2D eigenvalue weighted by molar-refractivity contribution is 5.96. The van der Waals surface area contributed by atoms with E-state index in [1.807, 2.05) is 12.1 Å². The van der Waals surface area contributed by atoms with Gasteiger partial charge in [-0.3, -0.25) is 4.79 Å². The van der Waals surface area contributed by atoms with Gasteiger partial charge < -0.3 is 5.32 Å². The Bertz CT molecular complexity index is 456. The van der Waals surface area contributed by atoms with Crippen molar-refractivity contribution in [1.29, 1.82) is 0 Å². The van der Waals surface area contributed by atoms with Crippen LogP contribution < -0.4 is 5.32 Å². The Hall–Kier alpha value is -1.15. The van der Waals surface area contributed by atoms with Gasteiger partial charge in [-0.25, -0.2) is 0 Å². The summed E-state index contributed by atoms with van der Waals surface area (Å²) in [5, 5.41) is 3.64. The van der Waals surface area contributed by atoms with Crippen molar-refractivity contribution in [2.24, 2.45) is 5.92 Å². The molecular weight excluding hydrogens is 234 g/mol. The van der Waals surface area contributed by atoms with E-state index in [1.54, 1.807) is 0 Å². The topological polar surface area (TPSA) is 29.1 Å². The van der Waals surface area contributed by atoms with Crippen molar-refractivity contribution in [1.82, 2.24) is 5.32 Å². The first-order valence-electron chi connectivity index (χ1n) is 7.62. The number of ketones is 1. The van der Waals surface area contributed by atoms with Crippen LogP contribution in [-0.2, 0) is 6.42 Å².